The van der Waals surface area contributed by atoms with Crippen molar-refractivity contribution in [2.45, 2.75) is 46.3 Å². The number of rotatable bonds is 5. The fraction of sp³-hybridized carbons (Fsp3) is 0.529. The monoisotopic (exact) mass is 381 g/mol. The zero-order chi connectivity index (χ0) is 19.6. The summed E-state index contributed by atoms with van der Waals surface area (Å²) in [5, 5.41) is 3.45. The van der Waals surface area contributed by atoms with Crippen LogP contribution in [0.3, 0.4) is 0 Å². The van der Waals surface area contributed by atoms with Crippen molar-refractivity contribution in [3.05, 3.63) is 23.2 Å². The largest absolute Gasteiger partial charge is 0.444 e. The summed E-state index contributed by atoms with van der Waals surface area (Å²) in [6, 6.07) is 1.34. The number of aromatic nitrogens is 3. The summed E-state index contributed by atoms with van der Waals surface area (Å²) in [6.07, 6.45) is 1.000. The van der Waals surface area contributed by atoms with E-state index in [2.05, 4.69) is 15.3 Å². The Balaban J connectivity index is 2.40. The van der Waals surface area contributed by atoms with Crippen LogP contribution in [0.2, 0.25) is 5.28 Å². The van der Waals surface area contributed by atoms with Crippen molar-refractivity contribution in [2.75, 3.05) is 6.54 Å². The number of nitrogens with zero attached hydrogens (tertiary/aromatic N) is 3. The summed E-state index contributed by atoms with van der Waals surface area (Å²) in [6.45, 7) is 9.54. The van der Waals surface area contributed by atoms with Gasteiger partial charge in [0.1, 0.15) is 16.9 Å². The molecule has 2 aromatic heterocycles. The van der Waals surface area contributed by atoms with Crippen LogP contribution in [0.25, 0.3) is 11.0 Å². The maximum Gasteiger partial charge on any atom is 0.407 e. The number of fused-ring (bicyclic) bond motifs is 1. The van der Waals surface area contributed by atoms with Crippen molar-refractivity contribution in [2.24, 2.45) is 11.7 Å². The molecule has 0 saturated carbocycles. The lowest BCUT2D eigenvalue weighted by atomic mass is 10.0. The number of alkyl carbamates (subject to hydrolysis) is 1. The fourth-order valence-electron chi connectivity index (χ4n) is 2.64. The number of ether oxygens (including phenoxy) is 1. The van der Waals surface area contributed by atoms with E-state index in [-0.39, 0.29) is 29.5 Å². The second-order valence-electron chi connectivity index (χ2n) is 7.38. The SMILES string of the molecule is CC(C)C(CNC(=O)OC(C)(C)C)n1c(C(N)=O)cc2cnc(Cl)nc21. The summed E-state index contributed by atoms with van der Waals surface area (Å²) in [7, 11) is 0. The van der Waals surface area contributed by atoms with Gasteiger partial charge in [0.15, 0.2) is 0 Å². The molecule has 0 bridgehead atoms. The molecule has 0 spiro atoms. The summed E-state index contributed by atoms with van der Waals surface area (Å²) < 4.78 is 6.97. The van der Waals surface area contributed by atoms with Gasteiger partial charge in [0, 0.05) is 18.1 Å². The maximum atomic E-state index is 12.0. The zero-order valence-corrected chi connectivity index (χ0v) is 16.3. The van der Waals surface area contributed by atoms with Crippen LogP contribution < -0.4 is 11.1 Å². The Morgan fingerprint density at radius 2 is 2.04 bits per heavy atom. The van der Waals surface area contributed by atoms with Crippen LogP contribution in [0.1, 0.15) is 51.1 Å². The van der Waals surface area contributed by atoms with Gasteiger partial charge in [-0.15, -0.1) is 0 Å². The minimum Gasteiger partial charge on any atom is -0.444 e. The first kappa shape index (κ1) is 20.0. The van der Waals surface area contributed by atoms with E-state index < -0.39 is 17.6 Å². The van der Waals surface area contributed by atoms with E-state index >= 15 is 0 Å². The molecule has 0 aliphatic heterocycles. The highest BCUT2D eigenvalue weighted by Gasteiger charge is 2.26. The average molecular weight is 382 g/mol. The van der Waals surface area contributed by atoms with Gasteiger partial charge in [-0.2, -0.15) is 4.98 Å². The predicted molar refractivity (Wildman–Crippen MR) is 99.2 cm³/mol. The molecule has 9 heteroatoms. The highest BCUT2D eigenvalue weighted by atomic mass is 35.5. The molecule has 3 N–H and O–H groups in total. The molecule has 2 rings (SSSR count). The lowest BCUT2D eigenvalue weighted by Crippen LogP contribution is -2.38. The Bertz CT molecular complexity index is 826. The van der Waals surface area contributed by atoms with Gasteiger partial charge in [-0.3, -0.25) is 4.79 Å². The molecule has 142 valence electrons. The summed E-state index contributed by atoms with van der Waals surface area (Å²) >= 11 is 5.92. The molecular weight excluding hydrogens is 358 g/mol. The molecule has 0 aliphatic carbocycles. The molecule has 0 aliphatic rings. The molecule has 0 saturated heterocycles. The fourth-order valence-corrected chi connectivity index (χ4v) is 2.77. The van der Waals surface area contributed by atoms with Crippen LogP contribution in [-0.2, 0) is 4.74 Å². The first-order valence-electron chi connectivity index (χ1n) is 8.29. The van der Waals surface area contributed by atoms with Gasteiger partial charge < -0.3 is 20.4 Å². The average Bonchev–Trinajstić information content (AvgIpc) is 2.84. The van der Waals surface area contributed by atoms with Crippen molar-refractivity contribution in [3.8, 4) is 0 Å². The topological polar surface area (TPSA) is 112 Å². The number of halogens is 1. The standard InChI is InChI=1S/C17H24ClN5O3/c1-9(2)12(8-21-16(25)26-17(3,4)5)23-11(13(19)24)6-10-7-20-15(18)22-14(10)23/h6-7,9,12H,8H2,1-5H3,(H2,19,24)(H,21,25). The van der Waals surface area contributed by atoms with E-state index in [0.29, 0.717) is 11.0 Å². The quantitative estimate of drug-likeness (QED) is 0.773. The maximum absolute atomic E-state index is 12.0. The highest BCUT2D eigenvalue weighted by molar-refractivity contribution is 6.28. The summed E-state index contributed by atoms with van der Waals surface area (Å²) in [5.41, 5.74) is 5.71. The molecule has 2 heterocycles. The first-order valence-corrected chi connectivity index (χ1v) is 8.67. The van der Waals surface area contributed by atoms with Crippen molar-refractivity contribution in [1.82, 2.24) is 19.9 Å². The Morgan fingerprint density at radius 3 is 2.58 bits per heavy atom. The van der Waals surface area contributed by atoms with Gasteiger partial charge >= 0.3 is 6.09 Å². The third-order valence-corrected chi connectivity index (χ3v) is 3.94. The first-order chi connectivity index (χ1) is 12.0. The summed E-state index contributed by atoms with van der Waals surface area (Å²) in [5.74, 6) is -0.533. The van der Waals surface area contributed by atoms with E-state index in [0.717, 1.165) is 0 Å². The van der Waals surface area contributed by atoms with E-state index in [1.165, 1.54) is 6.20 Å². The zero-order valence-electron chi connectivity index (χ0n) is 15.5. The molecule has 1 unspecified atom stereocenters. The number of primary amides is 1. The van der Waals surface area contributed by atoms with Crippen molar-refractivity contribution < 1.29 is 14.3 Å². The van der Waals surface area contributed by atoms with Gasteiger partial charge in [-0.25, -0.2) is 9.78 Å². The number of nitrogens with two attached hydrogens (primary N) is 1. The van der Waals surface area contributed by atoms with Gasteiger partial charge in [0.25, 0.3) is 5.91 Å². The van der Waals surface area contributed by atoms with Crippen LogP contribution in [0, 0.1) is 5.92 Å². The second kappa shape index (κ2) is 7.49. The van der Waals surface area contributed by atoms with Gasteiger partial charge in [-0.1, -0.05) is 13.8 Å². The molecular formula is C17H24ClN5O3. The Labute approximate surface area is 157 Å². The van der Waals surface area contributed by atoms with E-state index in [1.54, 1.807) is 31.4 Å². The minimum atomic E-state index is -0.601. The van der Waals surface area contributed by atoms with Gasteiger partial charge in [0.2, 0.25) is 5.28 Å². The Hall–Kier alpha value is -2.35. The second-order valence-corrected chi connectivity index (χ2v) is 7.71. The molecule has 0 fully saturated rings. The molecule has 1 atom stereocenters. The number of hydrogen-bond acceptors (Lipinski definition) is 5. The van der Waals surface area contributed by atoms with Crippen LogP contribution in [0.4, 0.5) is 4.79 Å². The minimum absolute atomic E-state index is 0.0624. The van der Waals surface area contributed by atoms with E-state index in [4.69, 9.17) is 22.1 Å². The number of amides is 2. The smallest absolute Gasteiger partial charge is 0.407 e. The molecule has 2 amide bonds. The Kier molecular flexibility index (Phi) is 5.75. The van der Waals surface area contributed by atoms with Crippen molar-refractivity contribution in [1.29, 1.82) is 0 Å². The summed E-state index contributed by atoms with van der Waals surface area (Å²) in [4.78, 5) is 32.1. The predicted octanol–water partition coefficient (Wildman–Crippen LogP) is 2.91. The highest BCUT2D eigenvalue weighted by Crippen LogP contribution is 2.27. The van der Waals surface area contributed by atoms with Crippen molar-refractivity contribution in [3.63, 3.8) is 0 Å². The third kappa shape index (κ3) is 4.63. The van der Waals surface area contributed by atoms with Crippen LogP contribution in [-0.4, -0.2) is 38.7 Å². The number of hydrogen-bond donors (Lipinski definition) is 2. The van der Waals surface area contributed by atoms with Crippen LogP contribution in [0.5, 0.6) is 0 Å². The lowest BCUT2D eigenvalue weighted by Gasteiger charge is -2.26. The van der Waals surface area contributed by atoms with Gasteiger partial charge in [-0.05, 0) is 44.4 Å². The third-order valence-electron chi connectivity index (χ3n) is 3.75. The lowest BCUT2D eigenvalue weighted by molar-refractivity contribution is 0.0516. The van der Waals surface area contributed by atoms with Crippen molar-refractivity contribution >= 4 is 34.6 Å². The molecule has 8 nitrogen and oxygen atoms in total. The normalized spacial score (nSPS) is 13.0. The number of carbonyl (C=O) groups excluding carboxylic acids is 2. The molecule has 2 aromatic rings. The molecule has 26 heavy (non-hydrogen) atoms. The van der Waals surface area contributed by atoms with Gasteiger partial charge in [0.05, 0.1) is 6.04 Å². The molecule has 0 aromatic carbocycles. The van der Waals surface area contributed by atoms with E-state index in [9.17, 15) is 9.59 Å². The van der Waals surface area contributed by atoms with Crippen LogP contribution in [0.15, 0.2) is 12.3 Å². The number of nitrogens with one attached hydrogen (secondary N) is 1. The van der Waals surface area contributed by atoms with Crippen LogP contribution >= 0.6 is 11.6 Å². The Morgan fingerprint density at radius 1 is 1.38 bits per heavy atom. The number of carbonyl (C=O) groups is 2. The molecule has 0 radical (unpaired) electrons. The van der Waals surface area contributed by atoms with E-state index in [1.807, 2.05) is 13.8 Å².